The standard InChI is InChI=1S/C12H24N2O2/c1-3-11(4-2)14(8-9-15)12(16)13-10-6-5-7-10/h10-11,15H,3-9H2,1-2H3,(H,13,16). The second-order valence-electron chi connectivity index (χ2n) is 4.46. The Morgan fingerprint density at radius 3 is 2.44 bits per heavy atom. The van der Waals surface area contributed by atoms with Gasteiger partial charge in [0.15, 0.2) is 0 Å². The van der Waals surface area contributed by atoms with Crippen LogP contribution in [0.2, 0.25) is 0 Å². The smallest absolute Gasteiger partial charge is 0.317 e. The van der Waals surface area contributed by atoms with Gasteiger partial charge in [-0.3, -0.25) is 0 Å². The zero-order valence-corrected chi connectivity index (χ0v) is 10.4. The van der Waals surface area contributed by atoms with E-state index in [2.05, 4.69) is 19.2 Å². The van der Waals surface area contributed by atoms with Crippen molar-refractivity contribution >= 4 is 6.03 Å². The molecule has 1 aliphatic carbocycles. The van der Waals surface area contributed by atoms with Crippen LogP contribution in [-0.4, -0.2) is 41.3 Å². The van der Waals surface area contributed by atoms with Crippen molar-refractivity contribution < 1.29 is 9.90 Å². The molecule has 1 rings (SSSR count). The van der Waals surface area contributed by atoms with Gasteiger partial charge in [-0.15, -0.1) is 0 Å². The molecule has 4 heteroatoms. The van der Waals surface area contributed by atoms with Crippen molar-refractivity contribution in [3.8, 4) is 0 Å². The highest BCUT2D eigenvalue weighted by atomic mass is 16.3. The van der Waals surface area contributed by atoms with Crippen molar-refractivity contribution in [2.75, 3.05) is 13.2 Å². The van der Waals surface area contributed by atoms with Crippen LogP contribution in [-0.2, 0) is 0 Å². The summed E-state index contributed by atoms with van der Waals surface area (Å²) in [6.07, 6.45) is 5.29. The van der Waals surface area contributed by atoms with Crippen LogP contribution in [0.3, 0.4) is 0 Å². The maximum Gasteiger partial charge on any atom is 0.317 e. The molecule has 2 N–H and O–H groups in total. The molecule has 0 aromatic heterocycles. The summed E-state index contributed by atoms with van der Waals surface area (Å²) in [5.41, 5.74) is 0. The average Bonchev–Trinajstić information content (AvgIpc) is 2.23. The first-order valence-electron chi connectivity index (χ1n) is 6.40. The van der Waals surface area contributed by atoms with Crippen molar-refractivity contribution in [3.05, 3.63) is 0 Å². The van der Waals surface area contributed by atoms with Crippen LogP contribution in [0, 0.1) is 0 Å². The number of hydrogen-bond donors (Lipinski definition) is 2. The van der Waals surface area contributed by atoms with E-state index in [0.717, 1.165) is 25.7 Å². The van der Waals surface area contributed by atoms with Crippen LogP contribution in [0.4, 0.5) is 4.79 Å². The van der Waals surface area contributed by atoms with Crippen molar-refractivity contribution in [3.63, 3.8) is 0 Å². The predicted molar refractivity (Wildman–Crippen MR) is 64.3 cm³/mol. The average molecular weight is 228 g/mol. The van der Waals surface area contributed by atoms with Gasteiger partial charge in [0.1, 0.15) is 0 Å². The lowest BCUT2D eigenvalue weighted by Crippen LogP contribution is -2.51. The van der Waals surface area contributed by atoms with Crippen molar-refractivity contribution in [2.45, 2.75) is 58.0 Å². The first-order chi connectivity index (χ1) is 7.72. The van der Waals surface area contributed by atoms with Crippen LogP contribution in [0.5, 0.6) is 0 Å². The lowest BCUT2D eigenvalue weighted by molar-refractivity contribution is 0.140. The minimum Gasteiger partial charge on any atom is -0.395 e. The number of aliphatic hydroxyl groups excluding tert-OH is 1. The Balaban J connectivity index is 2.48. The third-order valence-corrected chi connectivity index (χ3v) is 3.42. The molecule has 1 aliphatic rings. The van der Waals surface area contributed by atoms with Gasteiger partial charge >= 0.3 is 6.03 Å². The van der Waals surface area contributed by atoms with E-state index in [1.807, 2.05) is 0 Å². The Morgan fingerprint density at radius 2 is 2.06 bits per heavy atom. The molecule has 0 radical (unpaired) electrons. The highest BCUT2D eigenvalue weighted by Crippen LogP contribution is 2.19. The molecule has 0 aromatic carbocycles. The summed E-state index contributed by atoms with van der Waals surface area (Å²) in [5, 5.41) is 12.0. The first kappa shape index (κ1) is 13.3. The second-order valence-corrected chi connectivity index (χ2v) is 4.46. The minimum absolute atomic E-state index is 0.00699. The molecule has 0 unspecified atom stereocenters. The maximum absolute atomic E-state index is 12.0. The van der Waals surface area contributed by atoms with Gasteiger partial charge in [0, 0.05) is 18.6 Å². The molecular weight excluding hydrogens is 204 g/mol. The normalized spacial score (nSPS) is 16.0. The molecule has 0 aliphatic heterocycles. The van der Waals surface area contributed by atoms with Crippen LogP contribution in [0.15, 0.2) is 0 Å². The van der Waals surface area contributed by atoms with E-state index in [4.69, 9.17) is 5.11 Å². The molecule has 2 amide bonds. The first-order valence-corrected chi connectivity index (χ1v) is 6.40. The number of carbonyl (C=O) groups excluding carboxylic acids is 1. The Kier molecular flexibility index (Phi) is 5.60. The van der Waals surface area contributed by atoms with Gasteiger partial charge in [0.2, 0.25) is 0 Å². The van der Waals surface area contributed by atoms with Gasteiger partial charge in [-0.25, -0.2) is 4.79 Å². The third kappa shape index (κ3) is 3.37. The fourth-order valence-corrected chi connectivity index (χ4v) is 2.10. The summed E-state index contributed by atoms with van der Waals surface area (Å²) in [5.74, 6) is 0. The highest BCUT2D eigenvalue weighted by molar-refractivity contribution is 5.75. The number of aliphatic hydroxyl groups is 1. The fourth-order valence-electron chi connectivity index (χ4n) is 2.10. The van der Waals surface area contributed by atoms with E-state index in [9.17, 15) is 4.79 Å². The van der Waals surface area contributed by atoms with Gasteiger partial charge in [-0.1, -0.05) is 13.8 Å². The third-order valence-electron chi connectivity index (χ3n) is 3.42. The largest absolute Gasteiger partial charge is 0.395 e. The van der Waals surface area contributed by atoms with Crippen molar-refractivity contribution in [1.29, 1.82) is 0 Å². The molecule has 94 valence electrons. The molecule has 0 bridgehead atoms. The van der Waals surface area contributed by atoms with Gasteiger partial charge < -0.3 is 15.3 Å². The zero-order chi connectivity index (χ0) is 12.0. The minimum atomic E-state index is -0.00699. The van der Waals surface area contributed by atoms with Gasteiger partial charge in [0.05, 0.1) is 6.61 Å². The number of carbonyl (C=O) groups is 1. The van der Waals surface area contributed by atoms with E-state index < -0.39 is 0 Å². The van der Waals surface area contributed by atoms with Gasteiger partial charge in [-0.05, 0) is 32.1 Å². The van der Waals surface area contributed by atoms with Crippen LogP contribution in [0.1, 0.15) is 46.0 Å². The predicted octanol–water partition coefficient (Wildman–Crippen LogP) is 1.73. The number of nitrogens with one attached hydrogen (secondary N) is 1. The summed E-state index contributed by atoms with van der Waals surface area (Å²) < 4.78 is 0. The van der Waals surface area contributed by atoms with Crippen molar-refractivity contribution in [2.24, 2.45) is 0 Å². The summed E-state index contributed by atoms with van der Waals surface area (Å²) in [7, 11) is 0. The Hall–Kier alpha value is -0.770. The summed E-state index contributed by atoms with van der Waals surface area (Å²) in [4.78, 5) is 13.8. The molecule has 0 spiro atoms. The van der Waals surface area contributed by atoms with E-state index in [1.54, 1.807) is 4.90 Å². The van der Waals surface area contributed by atoms with Gasteiger partial charge in [0.25, 0.3) is 0 Å². The van der Waals surface area contributed by atoms with E-state index >= 15 is 0 Å². The lowest BCUT2D eigenvalue weighted by Gasteiger charge is -2.34. The van der Waals surface area contributed by atoms with Gasteiger partial charge in [-0.2, -0.15) is 0 Å². The van der Waals surface area contributed by atoms with E-state index in [1.165, 1.54) is 6.42 Å². The Bertz CT molecular complexity index is 213. The van der Waals surface area contributed by atoms with Crippen LogP contribution in [0.25, 0.3) is 0 Å². The Labute approximate surface area is 98.0 Å². The highest BCUT2D eigenvalue weighted by Gasteiger charge is 2.25. The van der Waals surface area contributed by atoms with Crippen LogP contribution >= 0.6 is 0 Å². The van der Waals surface area contributed by atoms with Crippen LogP contribution < -0.4 is 5.32 Å². The summed E-state index contributed by atoms with van der Waals surface area (Å²) in [6, 6.07) is 0.600. The molecular formula is C12H24N2O2. The van der Waals surface area contributed by atoms with E-state index in [0.29, 0.717) is 12.6 Å². The number of rotatable bonds is 6. The molecule has 1 saturated carbocycles. The van der Waals surface area contributed by atoms with E-state index in [-0.39, 0.29) is 18.7 Å². The molecule has 1 fully saturated rings. The number of amides is 2. The zero-order valence-electron chi connectivity index (χ0n) is 10.4. The molecule has 16 heavy (non-hydrogen) atoms. The lowest BCUT2D eigenvalue weighted by atomic mass is 9.93. The summed E-state index contributed by atoms with van der Waals surface area (Å²) >= 11 is 0. The topological polar surface area (TPSA) is 52.6 Å². The monoisotopic (exact) mass is 228 g/mol. The maximum atomic E-state index is 12.0. The second kappa shape index (κ2) is 6.74. The molecule has 4 nitrogen and oxygen atoms in total. The SMILES string of the molecule is CCC(CC)N(CCO)C(=O)NC1CCC1. The summed E-state index contributed by atoms with van der Waals surface area (Å²) in [6.45, 7) is 4.63. The molecule has 0 aromatic rings. The molecule has 0 saturated heterocycles. The van der Waals surface area contributed by atoms with Crippen molar-refractivity contribution in [1.82, 2.24) is 10.2 Å². The fraction of sp³-hybridized carbons (Fsp3) is 0.917. The molecule has 0 atom stereocenters. The number of nitrogens with zero attached hydrogens (tertiary/aromatic N) is 1. The molecule has 0 heterocycles. The number of hydrogen-bond acceptors (Lipinski definition) is 2. The Morgan fingerprint density at radius 1 is 1.44 bits per heavy atom. The number of urea groups is 1. The quantitative estimate of drug-likeness (QED) is 0.727.